The standard InChI is InChI=1S/C26H28N6O2/c1-4-23-19(13-27)11-21(15-29-23)22-12-20(14-28)26(30-25(22)18-5-6-18)31-8-9-32(17(2)16-31)24(33)7-10-34-3/h4,11-12,15,17-18H,1,5-10,16H2,2-3H3. The van der Waals surface area contributed by atoms with Gasteiger partial charge in [-0.3, -0.25) is 9.78 Å². The average molecular weight is 457 g/mol. The van der Waals surface area contributed by atoms with Gasteiger partial charge in [-0.2, -0.15) is 10.5 Å². The molecule has 1 saturated heterocycles. The van der Waals surface area contributed by atoms with E-state index in [2.05, 4.69) is 28.6 Å². The molecule has 1 aliphatic carbocycles. The highest BCUT2D eigenvalue weighted by Crippen LogP contribution is 2.45. The van der Waals surface area contributed by atoms with E-state index in [1.807, 2.05) is 17.9 Å². The third kappa shape index (κ3) is 4.64. The van der Waals surface area contributed by atoms with Crippen LogP contribution in [0.25, 0.3) is 17.2 Å². The summed E-state index contributed by atoms with van der Waals surface area (Å²) in [6.07, 6.45) is 5.74. The first-order valence-electron chi connectivity index (χ1n) is 11.5. The molecular weight excluding hydrogens is 428 g/mol. The van der Waals surface area contributed by atoms with Crippen LogP contribution in [0.5, 0.6) is 0 Å². The molecule has 8 heteroatoms. The van der Waals surface area contributed by atoms with Crippen LogP contribution in [0.15, 0.2) is 24.9 Å². The van der Waals surface area contributed by atoms with Gasteiger partial charge in [-0.25, -0.2) is 4.98 Å². The highest BCUT2D eigenvalue weighted by molar-refractivity contribution is 5.77. The molecule has 2 fully saturated rings. The molecule has 0 spiro atoms. The minimum Gasteiger partial charge on any atom is -0.384 e. The number of nitriles is 2. The van der Waals surface area contributed by atoms with Crippen LogP contribution < -0.4 is 4.90 Å². The molecule has 8 nitrogen and oxygen atoms in total. The Balaban J connectivity index is 1.67. The number of pyridine rings is 2. The number of rotatable bonds is 7. The maximum Gasteiger partial charge on any atom is 0.225 e. The van der Waals surface area contributed by atoms with E-state index in [0.717, 1.165) is 29.7 Å². The van der Waals surface area contributed by atoms with Gasteiger partial charge in [0.2, 0.25) is 5.91 Å². The van der Waals surface area contributed by atoms with E-state index in [-0.39, 0.29) is 11.9 Å². The van der Waals surface area contributed by atoms with Gasteiger partial charge in [0.15, 0.2) is 0 Å². The Morgan fingerprint density at radius 3 is 2.65 bits per heavy atom. The second-order valence-corrected chi connectivity index (χ2v) is 8.78. The zero-order valence-corrected chi connectivity index (χ0v) is 19.6. The number of methoxy groups -OCH3 is 1. The van der Waals surface area contributed by atoms with Crippen molar-refractivity contribution in [3.8, 4) is 23.3 Å². The number of anilines is 1. The summed E-state index contributed by atoms with van der Waals surface area (Å²) in [5.41, 5.74) is 4.04. The largest absolute Gasteiger partial charge is 0.384 e. The molecule has 3 heterocycles. The summed E-state index contributed by atoms with van der Waals surface area (Å²) in [5, 5.41) is 19.5. The predicted octanol–water partition coefficient (Wildman–Crippen LogP) is 3.48. The molecule has 1 aliphatic heterocycles. The Labute approximate surface area is 200 Å². The first-order valence-corrected chi connectivity index (χ1v) is 11.5. The molecule has 0 aromatic carbocycles. The van der Waals surface area contributed by atoms with E-state index in [0.29, 0.717) is 61.2 Å². The van der Waals surface area contributed by atoms with Crippen LogP contribution in [-0.4, -0.2) is 60.2 Å². The Morgan fingerprint density at radius 1 is 1.26 bits per heavy atom. The topological polar surface area (TPSA) is 106 Å². The summed E-state index contributed by atoms with van der Waals surface area (Å²) < 4.78 is 5.04. The van der Waals surface area contributed by atoms with Crippen molar-refractivity contribution < 1.29 is 9.53 Å². The molecule has 0 radical (unpaired) electrons. The van der Waals surface area contributed by atoms with Gasteiger partial charge in [0, 0.05) is 56.0 Å². The number of piperazine rings is 1. The van der Waals surface area contributed by atoms with Gasteiger partial charge in [0.05, 0.1) is 35.5 Å². The Bertz CT molecular complexity index is 1190. The molecule has 1 unspecified atom stereocenters. The quantitative estimate of drug-likeness (QED) is 0.628. The first-order chi connectivity index (χ1) is 16.5. The van der Waals surface area contributed by atoms with E-state index < -0.39 is 0 Å². The summed E-state index contributed by atoms with van der Waals surface area (Å²) in [5.74, 6) is 1.08. The second kappa shape index (κ2) is 10.0. The van der Waals surface area contributed by atoms with Crippen LogP contribution in [-0.2, 0) is 9.53 Å². The van der Waals surface area contributed by atoms with E-state index in [4.69, 9.17) is 9.72 Å². The maximum absolute atomic E-state index is 12.5. The number of amides is 1. The zero-order chi connectivity index (χ0) is 24.2. The van der Waals surface area contributed by atoms with Crippen LogP contribution >= 0.6 is 0 Å². The second-order valence-electron chi connectivity index (χ2n) is 8.78. The number of nitrogens with zero attached hydrogens (tertiary/aromatic N) is 6. The minimum absolute atomic E-state index is 0.00401. The fraction of sp³-hybridized carbons (Fsp3) is 0.423. The Kier molecular flexibility index (Phi) is 6.90. The highest BCUT2D eigenvalue weighted by atomic mass is 16.5. The fourth-order valence-electron chi connectivity index (χ4n) is 4.47. The fourth-order valence-corrected chi connectivity index (χ4v) is 4.47. The smallest absolute Gasteiger partial charge is 0.225 e. The van der Waals surface area contributed by atoms with E-state index >= 15 is 0 Å². The van der Waals surface area contributed by atoms with Crippen molar-refractivity contribution >= 4 is 17.8 Å². The lowest BCUT2D eigenvalue weighted by Gasteiger charge is -2.41. The van der Waals surface area contributed by atoms with Crippen LogP contribution in [0.3, 0.4) is 0 Å². The van der Waals surface area contributed by atoms with E-state index in [1.165, 1.54) is 0 Å². The van der Waals surface area contributed by atoms with Gasteiger partial charge in [-0.05, 0) is 38.0 Å². The van der Waals surface area contributed by atoms with Crippen molar-refractivity contribution in [2.24, 2.45) is 0 Å². The molecule has 2 aliphatic rings. The van der Waals surface area contributed by atoms with Gasteiger partial charge in [-0.1, -0.05) is 6.58 Å². The molecule has 1 atom stereocenters. The summed E-state index contributed by atoms with van der Waals surface area (Å²) >= 11 is 0. The normalized spacial score (nSPS) is 17.7. The predicted molar refractivity (Wildman–Crippen MR) is 129 cm³/mol. The van der Waals surface area contributed by atoms with Crippen LogP contribution in [0.4, 0.5) is 5.82 Å². The number of aromatic nitrogens is 2. The van der Waals surface area contributed by atoms with Crippen molar-refractivity contribution in [3.05, 3.63) is 47.4 Å². The van der Waals surface area contributed by atoms with Crippen LogP contribution in [0.1, 0.15) is 54.6 Å². The zero-order valence-electron chi connectivity index (χ0n) is 19.6. The third-order valence-electron chi connectivity index (χ3n) is 6.43. The number of carbonyl (C=O) groups is 1. The molecule has 1 saturated carbocycles. The van der Waals surface area contributed by atoms with Gasteiger partial charge in [0.25, 0.3) is 0 Å². The summed E-state index contributed by atoms with van der Waals surface area (Å²) in [4.78, 5) is 25.9. The Morgan fingerprint density at radius 2 is 2.03 bits per heavy atom. The average Bonchev–Trinajstić information content (AvgIpc) is 3.71. The molecule has 0 bridgehead atoms. The van der Waals surface area contributed by atoms with Crippen molar-refractivity contribution in [3.63, 3.8) is 0 Å². The van der Waals surface area contributed by atoms with Gasteiger partial charge >= 0.3 is 0 Å². The lowest BCUT2D eigenvalue weighted by Crippen LogP contribution is -2.54. The molecule has 4 rings (SSSR count). The third-order valence-corrected chi connectivity index (χ3v) is 6.43. The number of ether oxygens (including phenoxy) is 1. The summed E-state index contributed by atoms with van der Waals surface area (Å²) in [7, 11) is 1.59. The van der Waals surface area contributed by atoms with Crippen molar-refractivity contribution in [2.45, 2.75) is 38.1 Å². The minimum atomic E-state index is 0.00401. The van der Waals surface area contributed by atoms with Crippen molar-refractivity contribution in [1.29, 1.82) is 10.5 Å². The van der Waals surface area contributed by atoms with E-state index in [9.17, 15) is 15.3 Å². The van der Waals surface area contributed by atoms with Crippen molar-refractivity contribution in [1.82, 2.24) is 14.9 Å². The number of hydrogen-bond donors (Lipinski definition) is 0. The summed E-state index contributed by atoms with van der Waals surface area (Å²) in [6, 6.07) is 8.16. The van der Waals surface area contributed by atoms with Gasteiger partial charge in [0.1, 0.15) is 18.0 Å². The number of carbonyl (C=O) groups excluding carboxylic acids is 1. The molecule has 2 aromatic rings. The van der Waals surface area contributed by atoms with Crippen LogP contribution in [0, 0.1) is 22.7 Å². The molecular formula is C26H28N6O2. The molecule has 1 amide bonds. The van der Waals surface area contributed by atoms with Crippen LogP contribution in [0.2, 0.25) is 0 Å². The SMILES string of the molecule is C=Cc1ncc(-c2cc(C#N)c(N3CCN(C(=O)CCOC)C(C)C3)nc2C2CC2)cc1C#N. The van der Waals surface area contributed by atoms with E-state index in [1.54, 1.807) is 25.4 Å². The maximum atomic E-state index is 12.5. The van der Waals surface area contributed by atoms with Crippen molar-refractivity contribution in [2.75, 3.05) is 38.3 Å². The molecule has 2 aromatic heterocycles. The van der Waals surface area contributed by atoms with Gasteiger partial charge < -0.3 is 14.5 Å². The first kappa shape index (κ1) is 23.4. The molecule has 34 heavy (non-hydrogen) atoms. The summed E-state index contributed by atoms with van der Waals surface area (Å²) in [6.45, 7) is 7.96. The lowest BCUT2D eigenvalue weighted by molar-refractivity contribution is -0.134. The lowest BCUT2D eigenvalue weighted by atomic mass is 9.98. The number of hydrogen-bond acceptors (Lipinski definition) is 7. The van der Waals surface area contributed by atoms with Gasteiger partial charge in [-0.15, -0.1) is 0 Å². The Hall–Kier alpha value is -3.75. The molecule has 174 valence electrons. The monoisotopic (exact) mass is 456 g/mol. The molecule has 0 N–H and O–H groups in total. The highest BCUT2D eigenvalue weighted by Gasteiger charge is 2.33.